The lowest BCUT2D eigenvalue weighted by molar-refractivity contribution is -0.672. The maximum atomic E-state index is 6.10. The van der Waals surface area contributed by atoms with Crippen molar-refractivity contribution in [1.82, 2.24) is 0 Å². The summed E-state index contributed by atoms with van der Waals surface area (Å²) >= 11 is 0. The first kappa shape index (κ1) is 19.3. The van der Waals surface area contributed by atoms with Gasteiger partial charge in [0.25, 0.3) is 0 Å². The molecular weight excluding hydrogens is 298 g/mol. The summed E-state index contributed by atoms with van der Waals surface area (Å²) in [7, 11) is 1.71. The van der Waals surface area contributed by atoms with E-state index in [9.17, 15) is 0 Å². The minimum absolute atomic E-state index is 0.0680. The summed E-state index contributed by atoms with van der Waals surface area (Å²) in [4.78, 5) is 0. The van der Waals surface area contributed by atoms with Crippen molar-refractivity contribution < 1.29 is 14.8 Å². The monoisotopic (exact) mass is 334 g/mol. The van der Waals surface area contributed by atoms with Crippen molar-refractivity contribution in [1.29, 1.82) is 0 Å². The molecule has 0 spiro atoms. The molecular formula is C21H36NO2+. The average molecular weight is 335 g/mol. The van der Waals surface area contributed by atoms with Gasteiger partial charge >= 0.3 is 0 Å². The summed E-state index contributed by atoms with van der Waals surface area (Å²) in [5.41, 5.74) is 1.86. The number of benzene rings is 1. The van der Waals surface area contributed by atoms with Gasteiger partial charge in [0.2, 0.25) is 0 Å². The zero-order valence-electron chi connectivity index (χ0n) is 16.2. The SMILES string of the molecule is CC[C@]1(C)C[C@@](CC[NH2+]Cc2ccc(OC)cc2)(C(C)C)CCO1. The van der Waals surface area contributed by atoms with Crippen LogP contribution in [0.2, 0.25) is 0 Å². The Morgan fingerprint density at radius 1 is 1.25 bits per heavy atom. The van der Waals surface area contributed by atoms with Crippen LogP contribution in [0.5, 0.6) is 5.75 Å². The van der Waals surface area contributed by atoms with Crippen LogP contribution in [0, 0.1) is 11.3 Å². The molecule has 0 bridgehead atoms. The van der Waals surface area contributed by atoms with Crippen LogP contribution in [0.3, 0.4) is 0 Å². The predicted molar refractivity (Wildman–Crippen MR) is 99.3 cm³/mol. The van der Waals surface area contributed by atoms with Crippen LogP contribution in [0.15, 0.2) is 24.3 Å². The fourth-order valence-corrected chi connectivity index (χ4v) is 4.03. The van der Waals surface area contributed by atoms with E-state index in [0.717, 1.165) is 25.3 Å². The molecule has 0 aliphatic carbocycles. The third kappa shape index (κ3) is 4.73. The second kappa shape index (κ2) is 8.35. The van der Waals surface area contributed by atoms with Crippen LogP contribution in [0.25, 0.3) is 0 Å². The van der Waals surface area contributed by atoms with Gasteiger partial charge in [-0.05, 0) is 61.8 Å². The molecule has 24 heavy (non-hydrogen) atoms. The van der Waals surface area contributed by atoms with Crippen molar-refractivity contribution in [3.8, 4) is 5.75 Å². The average Bonchev–Trinajstić information content (AvgIpc) is 2.59. The third-order valence-electron chi connectivity index (χ3n) is 6.13. The Hall–Kier alpha value is -1.06. The molecule has 0 amide bonds. The molecule has 1 aliphatic heterocycles. The van der Waals surface area contributed by atoms with Gasteiger partial charge in [0.05, 0.1) is 19.3 Å². The smallest absolute Gasteiger partial charge is 0.118 e. The number of ether oxygens (including phenoxy) is 2. The van der Waals surface area contributed by atoms with Gasteiger partial charge in [0.15, 0.2) is 0 Å². The Morgan fingerprint density at radius 3 is 2.54 bits per heavy atom. The second-order valence-corrected chi connectivity index (χ2v) is 7.98. The Morgan fingerprint density at radius 2 is 1.96 bits per heavy atom. The van der Waals surface area contributed by atoms with Crippen LogP contribution in [-0.2, 0) is 11.3 Å². The van der Waals surface area contributed by atoms with Gasteiger partial charge in [-0.2, -0.15) is 0 Å². The van der Waals surface area contributed by atoms with Gasteiger partial charge < -0.3 is 14.8 Å². The molecule has 2 rings (SSSR count). The molecule has 1 aromatic rings. The molecule has 1 aliphatic rings. The van der Waals surface area contributed by atoms with Crippen molar-refractivity contribution in [3.63, 3.8) is 0 Å². The molecule has 1 saturated heterocycles. The first-order valence-corrected chi connectivity index (χ1v) is 9.51. The van der Waals surface area contributed by atoms with Gasteiger partial charge in [-0.15, -0.1) is 0 Å². The first-order chi connectivity index (χ1) is 11.4. The van der Waals surface area contributed by atoms with E-state index in [1.165, 1.54) is 31.4 Å². The van der Waals surface area contributed by atoms with Crippen LogP contribution in [-0.4, -0.2) is 25.9 Å². The van der Waals surface area contributed by atoms with Crippen LogP contribution >= 0.6 is 0 Å². The van der Waals surface area contributed by atoms with Crippen LogP contribution < -0.4 is 10.1 Å². The van der Waals surface area contributed by atoms with Crippen molar-refractivity contribution in [2.75, 3.05) is 20.3 Å². The molecule has 0 radical (unpaired) electrons. The number of nitrogens with two attached hydrogens (primary N) is 1. The fraction of sp³-hybridized carbons (Fsp3) is 0.714. The standard InChI is InChI=1S/C21H35NO2/c1-6-20(4)16-21(17(2)3,12-14-24-20)11-13-22-15-18-7-9-19(23-5)10-8-18/h7-10,17,22H,6,11-16H2,1-5H3/p+1/t20-,21+/m1/s1. The highest BCUT2D eigenvalue weighted by Gasteiger charge is 2.44. The molecule has 2 atom stereocenters. The minimum Gasteiger partial charge on any atom is -0.497 e. The Bertz CT molecular complexity index is 499. The van der Waals surface area contributed by atoms with E-state index >= 15 is 0 Å². The number of quaternary nitrogens is 1. The third-order valence-corrected chi connectivity index (χ3v) is 6.13. The summed E-state index contributed by atoms with van der Waals surface area (Å²) < 4.78 is 11.3. The van der Waals surface area contributed by atoms with E-state index in [4.69, 9.17) is 9.47 Å². The zero-order valence-corrected chi connectivity index (χ0v) is 16.2. The molecule has 0 saturated carbocycles. The number of methoxy groups -OCH3 is 1. The number of rotatable bonds is 8. The zero-order chi connectivity index (χ0) is 17.6. The van der Waals surface area contributed by atoms with Crippen molar-refractivity contribution >= 4 is 0 Å². The molecule has 1 fully saturated rings. The predicted octanol–water partition coefficient (Wildman–Crippen LogP) is 3.77. The van der Waals surface area contributed by atoms with E-state index < -0.39 is 0 Å². The van der Waals surface area contributed by atoms with Crippen LogP contribution in [0.1, 0.15) is 58.9 Å². The molecule has 136 valence electrons. The number of hydrogen-bond donors (Lipinski definition) is 1. The van der Waals surface area contributed by atoms with Crippen molar-refractivity contribution in [2.24, 2.45) is 11.3 Å². The summed E-state index contributed by atoms with van der Waals surface area (Å²) in [5.74, 6) is 1.64. The van der Waals surface area contributed by atoms with Crippen molar-refractivity contribution in [3.05, 3.63) is 29.8 Å². The molecule has 0 aromatic heterocycles. The lowest BCUT2D eigenvalue weighted by atomic mass is 9.64. The maximum absolute atomic E-state index is 6.10. The van der Waals surface area contributed by atoms with Gasteiger partial charge in [-0.25, -0.2) is 0 Å². The van der Waals surface area contributed by atoms with E-state index in [1.54, 1.807) is 7.11 Å². The van der Waals surface area contributed by atoms with E-state index in [0.29, 0.717) is 11.3 Å². The fourth-order valence-electron chi connectivity index (χ4n) is 4.03. The maximum Gasteiger partial charge on any atom is 0.118 e. The topological polar surface area (TPSA) is 35.1 Å². The largest absolute Gasteiger partial charge is 0.497 e. The Labute approximate surface area is 148 Å². The van der Waals surface area contributed by atoms with Gasteiger partial charge in [-0.3, -0.25) is 0 Å². The summed E-state index contributed by atoms with van der Waals surface area (Å²) in [6.45, 7) is 12.5. The highest BCUT2D eigenvalue weighted by Crippen LogP contribution is 2.47. The molecule has 0 unspecified atom stereocenters. The highest BCUT2D eigenvalue weighted by atomic mass is 16.5. The Balaban J connectivity index is 1.87. The lowest BCUT2D eigenvalue weighted by Crippen LogP contribution is -2.83. The molecule has 1 heterocycles. The lowest BCUT2D eigenvalue weighted by Gasteiger charge is -2.48. The van der Waals surface area contributed by atoms with E-state index in [-0.39, 0.29) is 5.60 Å². The minimum atomic E-state index is 0.0680. The van der Waals surface area contributed by atoms with Gasteiger partial charge in [0, 0.05) is 18.6 Å². The van der Waals surface area contributed by atoms with Gasteiger partial charge in [-0.1, -0.05) is 20.8 Å². The molecule has 3 nitrogen and oxygen atoms in total. The van der Waals surface area contributed by atoms with Crippen molar-refractivity contribution in [2.45, 2.75) is 65.5 Å². The second-order valence-electron chi connectivity index (χ2n) is 7.98. The summed E-state index contributed by atoms with van der Waals surface area (Å²) in [6, 6.07) is 8.42. The highest BCUT2D eigenvalue weighted by molar-refractivity contribution is 5.26. The normalized spacial score (nSPS) is 27.4. The summed E-state index contributed by atoms with van der Waals surface area (Å²) in [6.07, 6.45) is 4.79. The first-order valence-electron chi connectivity index (χ1n) is 9.51. The van der Waals surface area contributed by atoms with Gasteiger partial charge in [0.1, 0.15) is 12.3 Å². The number of hydrogen-bond acceptors (Lipinski definition) is 2. The molecule has 3 heteroatoms. The summed E-state index contributed by atoms with van der Waals surface area (Å²) in [5, 5.41) is 2.45. The van der Waals surface area contributed by atoms with Crippen LogP contribution in [0.4, 0.5) is 0 Å². The molecule has 2 N–H and O–H groups in total. The Kier molecular flexibility index (Phi) is 6.70. The molecule has 1 aromatic carbocycles. The quantitative estimate of drug-likeness (QED) is 0.735. The van der Waals surface area contributed by atoms with E-state index in [1.807, 2.05) is 12.1 Å². The van der Waals surface area contributed by atoms with E-state index in [2.05, 4.69) is 45.1 Å².